The number of ether oxygens (including phenoxy) is 2. The van der Waals surface area contributed by atoms with Crippen molar-refractivity contribution in [2.45, 2.75) is 51.2 Å². The van der Waals surface area contributed by atoms with Crippen LogP contribution in [0.3, 0.4) is 0 Å². The van der Waals surface area contributed by atoms with Gasteiger partial charge in [0.1, 0.15) is 6.61 Å². The van der Waals surface area contributed by atoms with E-state index in [-0.39, 0.29) is 18.4 Å². The van der Waals surface area contributed by atoms with Crippen molar-refractivity contribution >= 4 is 11.9 Å². The highest BCUT2D eigenvalue weighted by Gasteiger charge is 2.50. The van der Waals surface area contributed by atoms with E-state index in [4.69, 9.17) is 15.2 Å². The van der Waals surface area contributed by atoms with Crippen LogP contribution < -0.4 is 5.73 Å². The van der Waals surface area contributed by atoms with Crippen LogP contribution in [0, 0.1) is 5.41 Å². The molecule has 23 heavy (non-hydrogen) atoms. The second-order valence-electron chi connectivity index (χ2n) is 6.72. The molecule has 2 N–H and O–H groups in total. The van der Waals surface area contributed by atoms with Gasteiger partial charge in [0.2, 0.25) is 5.54 Å². The van der Waals surface area contributed by atoms with Gasteiger partial charge in [-0.2, -0.15) is 0 Å². The maximum atomic E-state index is 12.5. The van der Waals surface area contributed by atoms with Gasteiger partial charge in [0.25, 0.3) is 0 Å². The minimum atomic E-state index is -1.75. The van der Waals surface area contributed by atoms with Crippen molar-refractivity contribution in [3.8, 4) is 0 Å². The van der Waals surface area contributed by atoms with E-state index < -0.39 is 17.5 Å². The van der Waals surface area contributed by atoms with Gasteiger partial charge in [-0.3, -0.25) is 0 Å². The van der Waals surface area contributed by atoms with Gasteiger partial charge in [-0.1, -0.05) is 50.1 Å². The van der Waals surface area contributed by atoms with E-state index in [2.05, 4.69) is 6.92 Å². The predicted molar refractivity (Wildman–Crippen MR) is 86.4 cm³/mol. The molecule has 1 aromatic carbocycles. The molecule has 0 amide bonds. The molecule has 0 unspecified atom stereocenters. The molecule has 0 heterocycles. The Morgan fingerprint density at radius 3 is 2.35 bits per heavy atom. The number of carbonyl (C=O) groups excluding carboxylic acids is 2. The lowest BCUT2D eigenvalue weighted by Gasteiger charge is -2.33. The number of methoxy groups -OCH3 is 1. The van der Waals surface area contributed by atoms with Crippen molar-refractivity contribution in [1.29, 1.82) is 0 Å². The number of benzene rings is 1. The van der Waals surface area contributed by atoms with Gasteiger partial charge in [0, 0.05) is 0 Å². The third-order valence-corrected chi connectivity index (χ3v) is 4.64. The molecule has 2 rings (SSSR count). The van der Waals surface area contributed by atoms with Gasteiger partial charge in [0.05, 0.1) is 7.11 Å². The zero-order valence-corrected chi connectivity index (χ0v) is 13.8. The molecule has 0 aromatic heterocycles. The number of nitrogens with two attached hydrogens (primary N) is 1. The number of rotatable bonds is 6. The Bertz CT molecular complexity index is 551. The average Bonchev–Trinajstić information content (AvgIpc) is 2.98. The molecule has 0 saturated heterocycles. The molecular formula is C18H25NO4. The molecule has 1 saturated carbocycles. The van der Waals surface area contributed by atoms with Crippen LogP contribution in [-0.4, -0.2) is 24.6 Å². The largest absolute Gasteiger partial charge is 0.467 e. The van der Waals surface area contributed by atoms with E-state index in [1.807, 2.05) is 30.3 Å². The van der Waals surface area contributed by atoms with E-state index >= 15 is 0 Å². The summed E-state index contributed by atoms with van der Waals surface area (Å²) < 4.78 is 10.1. The topological polar surface area (TPSA) is 78.6 Å². The molecule has 126 valence electrons. The summed E-state index contributed by atoms with van der Waals surface area (Å²) in [5.74, 6) is -1.45. The molecule has 1 aromatic rings. The van der Waals surface area contributed by atoms with Crippen LogP contribution in [0.15, 0.2) is 30.3 Å². The molecule has 1 fully saturated rings. The van der Waals surface area contributed by atoms with Gasteiger partial charge in [0.15, 0.2) is 0 Å². The lowest BCUT2D eigenvalue weighted by Crippen LogP contribution is -2.58. The molecular weight excluding hydrogens is 294 g/mol. The van der Waals surface area contributed by atoms with E-state index in [0.717, 1.165) is 31.2 Å². The van der Waals surface area contributed by atoms with Gasteiger partial charge in [-0.15, -0.1) is 0 Å². The number of carbonyl (C=O) groups is 2. The number of esters is 2. The Morgan fingerprint density at radius 2 is 1.78 bits per heavy atom. The normalized spacial score (nSPS) is 18.9. The molecule has 1 atom stereocenters. The fourth-order valence-corrected chi connectivity index (χ4v) is 3.34. The zero-order valence-electron chi connectivity index (χ0n) is 13.8. The van der Waals surface area contributed by atoms with Crippen molar-refractivity contribution < 1.29 is 19.1 Å². The molecule has 5 heteroatoms. The van der Waals surface area contributed by atoms with Gasteiger partial charge >= 0.3 is 11.9 Å². The Balaban J connectivity index is 2.10. The van der Waals surface area contributed by atoms with Gasteiger partial charge in [-0.25, -0.2) is 9.59 Å². The van der Waals surface area contributed by atoms with E-state index in [9.17, 15) is 9.59 Å². The standard InChI is InChI=1S/C18H25NO4/c1-17(10-6-7-11-17)13-18(19,15(20)22-2)16(21)23-12-14-8-4-3-5-9-14/h3-5,8-9H,6-7,10-13,19H2,1-2H3/t18-/m1/s1. The molecule has 0 spiro atoms. The van der Waals surface area contributed by atoms with Crippen molar-refractivity contribution in [3.05, 3.63) is 35.9 Å². The highest BCUT2D eigenvalue weighted by Crippen LogP contribution is 2.43. The minimum absolute atomic E-state index is 0.0896. The Morgan fingerprint density at radius 1 is 1.17 bits per heavy atom. The minimum Gasteiger partial charge on any atom is -0.467 e. The second kappa shape index (κ2) is 7.13. The lowest BCUT2D eigenvalue weighted by atomic mass is 9.76. The van der Waals surface area contributed by atoms with Gasteiger partial charge in [-0.05, 0) is 30.2 Å². The molecule has 1 aliphatic carbocycles. The Kier molecular flexibility index (Phi) is 5.42. The fourth-order valence-electron chi connectivity index (χ4n) is 3.34. The summed E-state index contributed by atoms with van der Waals surface area (Å²) in [4.78, 5) is 24.7. The first-order valence-corrected chi connectivity index (χ1v) is 7.98. The van der Waals surface area contributed by atoms with E-state index in [1.165, 1.54) is 7.11 Å². The summed E-state index contributed by atoms with van der Waals surface area (Å²) in [5, 5.41) is 0. The van der Waals surface area contributed by atoms with Crippen molar-refractivity contribution in [2.75, 3.05) is 7.11 Å². The quantitative estimate of drug-likeness (QED) is 0.644. The zero-order chi connectivity index (χ0) is 16.9. The van der Waals surface area contributed by atoms with Gasteiger partial charge < -0.3 is 15.2 Å². The monoisotopic (exact) mass is 319 g/mol. The van der Waals surface area contributed by atoms with Crippen molar-refractivity contribution in [1.82, 2.24) is 0 Å². The third-order valence-electron chi connectivity index (χ3n) is 4.64. The summed E-state index contributed by atoms with van der Waals surface area (Å²) in [5.41, 5.74) is 5.15. The van der Waals surface area contributed by atoms with Crippen LogP contribution in [0.4, 0.5) is 0 Å². The number of hydrogen-bond acceptors (Lipinski definition) is 5. The predicted octanol–water partition coefficient (Wildman–Crippen LogP) is 2.57. The fraction of sp³-hybridized carbons (Fsp3) is 0.556. The Labute approximate surface area is 137 Å². The highest BCUT2D eigenvalue weighted by molar-refractivity contribution is 6.04. The van der Waals surface area contributed by atoms with Crippen LogP contribution in [0.2, 0.25) is 0 Å². The molecule has 0 aliphatic heterocycles. The van der Waals surface area contributed by atoms with Crippen molar-refractivity contribution in [3.63, 3.8) is 0 Å². The summed E-state index contributed by atoms with van der Waals surface area (Å²) in [7, 11) is 1.24. The maximum Gasteiger partial charge on any atom is 0.338 e. The summed E-state index contributed by atoms with van der Waals surface area (Å²) in [6, 6.07) is 9.30. The smallest absolute Gasteiger partial charge is 0.338 e. The molecule has 0 radical (unpaired) electrons. The highest BCUT2D eigenvalue weighted by atomic mass is 16.6. The number of hydrogen-bond donors (Lipinski definition) is 1. The Hall–Kier alpha value is -1.88. The van der Waals surface area contributed by atoms with Crippen LogP contribution in [-0.2, 0) is 25.7 Å². The van der Waals surface area contributed by atoms with Crippen molar-refractivity contribution in [2.24, 2.45) is 11.1 Å². The maximum absolute atomic E-state index is 12.5. The van der Waals surface area contributed by atoms with E-state index in [1.54, 1.807) is 0 Å². The molecule has 0 bridgehead atoms. The van der Waals surface area contributed by atoms with Crippen LogP contribution in [0.25, 0.3) is 0 Å². The first-order chi connectivity index (χ1) is 10.9. The average molecular weight is 319 g/mol. The first kappa shape index (κ1) is 17.5. The molecule has 5 nitrogen and oxygen atoms in total. The summed E-state index contributed by atoms with van der Waals surface area (Å²) in [6.07, 6.45) is 4.34. The first-order valence-electron chi connectivity index (χ1n) is 7.98. The third kappa shape index (κ3) is 4.10. The van der Waals surface area contributed by atoms with Crippen LogP contribution in [0.1, 0.15) is 44.6 Å². The van der Waals surface area contributed by atoms with E-state index in [0.29, 0.717) is 0 Å². The summed E-state index contributed by atoms with van der Waals surface area (Å²) in [6.45, 7) is 2.15. The van der Waals surface area contributed by atoms with Crippen LogP contribution >= 0.6 is 0 Å². The molecule has 1 aliphatic rings. The SMILES string of the molecule is COC(=O)[C@](N)(CC1(C)CCCC1)C(=O)OCc1ccccc1. The second-order valence-corrected chi connectivity index (χ2v) is 6.72. The van der Waals surface area contributed by atoms with Crippen LogP contribution in [0.5, 0.6) is 0 Å². The lowest BCUT2D eigenvalue weighted by molar-refractivity contribution is -0.165. The summed E-state index contributed by atoms with van der Waals surface area (Å²) >= 11 is 0.